The van der Waals surface area contributed by atoms with Crippen LogP contribution in [0.15, 0.2) is 30.3 Å². The van der Waals surface area contributed by atoms with Crippen LogP contribution in [0.25, 0.3) is 0 Å². The number of hydrogen-bond donors (Lipinski definition) is 0. The zero-order valence-electron chi connectivity index (χ0n) is 10.4. The van der Waals surface area contributed by atoms with E-state index in [-0.39, 0.29) is 12.1 Å². The molecule has 1 aromatic carbocycles. The van der Waals surface area contributed by atoms with Crippen LogP contribution in [0.5, 0.6) is 0 Å². The number of rotatable bonds is 3. The fraction of sp³-hybridized carbons (Fsp3) is 0.500. The standard InChI is InChI=1S/C14H19NO2/c1-11-8-15(10-14(11)17-12(2)16)9-13-6-4-3-5-7-13/h3-7,11,14H,8-10H2,1-2H3/t11?,14-/m1/s1. The smallest absolute Gasteiger partial charge is 0.302 e. The molecule has 0 saturated carbocycles. The fourth-order valence-electron chi connectivity index (χ4n) is 2.37. The lowest BCUT2D eigenvalue weighted by Crippen LogP contribution is -2.25. The lowest BCUT2D eigenvalue weighted by molar-refractivity contribution is -0.147. The van der Waals surface area contributed by atoms with Crippen molar-refractivity contribution in [1.29, 1.82) is 0 Å². The predicted molar refractivity (Wildman–Crippen MR) is 66.4 cm³/mol. The van der Waals surface area contributed by atoms with Gasteiger partial charge in [-0.05, 0) is 5.56 Å². The van der Waals surface area contributed by atoms with Gasteiger partial charge in [0.1, 0.15) is 6.10 Å². The molecule has 1 saturated heterocycles. The average Bonchev–Trinajstić information content (AvgIpc) is 2.59. The third-order valence-corrected chi connectivity index (χ3v) is 3.19. The molecule has 1 fully saturated rings. The molecule has 1 heterocycles. The number of carbonyl (C=O) groups excluding carboxylic acids is 1. The summed E-state index contributed by atoms with van der Waals surface area (Å²) in [5, 5.41) is 0. The van der Waals surface area contributed by atoms with Gasteiger partial charge in [-0.2, -0.15) is 0 Å². The Bertz CT molecular complexity index is 377. The van der Waals surface area contributed by atoms with E-state index in [1.165, 1.54) is 12.5 Å². The molecular weight excluding hydrogens is 214 g/mol. The van der Waals surface area contributed by atoms with Crippen LogP contribution in [0.2, 0.25) is 0 Å². The Balaban J connectivity index is 1.91. The maximum Gasteiger partial charge on any atom is 0.302 e. The van der Waals surface area contributed by atoms with Crippen molar-refractivity contribution in [1.82, 2.24) is 4.90 Å². The van der Waals surface area contributed by atoms with Crippen molar-refractivity contribution in [2.24, 2.45) is 5.92 Å². The van der Waals surface area contributed by atoms with Crippen molar-refractivity contribution < 1.29 is 9.53 Å². The Kier molecular flexibility index (Phi) is 3.79. The molecule has 0 aliphatic carbocycles. The Hall–Kier alpha value is -1.35. The molecule has 0 radical (unpaired) electrons. The number of ether oxygens (including phenoxy) is 1. The van der Waals surface area contributed by atoms with Crippen LogP contribution in [0.3, 0.4) is 0 Å². The van der Waals surface area contributed by atoms with E-state index in [9.17, 15) is 4.79 Å². The zero-order valence-corrected chi connectivity index (χ0v) is 10.4. The highest BCUT2D eigenvalue weighted by atomic mass is 16.5. The van der Waals surface area contributed by atoms with Gasteiger partial charge in [-0.25, -0.2) is 0 Å². The molecule has 1 aromatic rings. The van der Waals surface area contributed by atoms with E-state index < -0.39 is 0 Å². The normalized spacial score (nSPS) is 24.8. The van der Waals surface area contributed by atoms with Gasteiger partial charge >= 0.3 is 5.97 Å². The van der Waals surface area contributed by atoms with Crippen LogP contribution in [-0.2, 0) is 16.1 Å². The molecule has 1 aliphatic rings. The molecule has 1 aliphatic heterocycles. The topological polar surface area (TPSA) is 29.5 Å². The van der Waals surface area contributed by atoms with Crippen LogP contribution in [0, 0.1) is 5.92 Å². The van der Waals surface area contributed by atoms with E-state index >= 15 is 0 Å². The monoisotopic (exact) mass is 233 g/mol. The molecule has 17 heavy (non-hydrogen) atoms. The van der Waals surface area contributed by atoms with Crippen molar-refractivity contribution in [2.45, 2.75) is 26.5 Å². The number of likely N-dealkylation sites (tertiary alicyclic amines) is 1. The lowest BCUT2D eigenvalue weighted by atomic mass is 10.1. The Morgan fingerprint density at radius 2 is 2.06 bits per heavy atom. The number of benzene rings is 1. The van der Waals surface area contributed by atoms with E-state index in [0.29, 0.717) is 5.92 Å². The van der Waals surface area contributed by atoms with Gasteiger partial charge in [0.2, 0.25) is 0 Å². The largest absolute Gasteiger partial charge is 0.461 e. The minimum atomic E-state index is -0.177. The molecule has 0 N–H and O–H groups in total. The zero-order chi connectivity index (χ0) is 12.3. The fourth-order valence-corrected chi connectivity index (χ4v) is 2.37. The number of nitrogens with zero attached hydrogens (tertiary/aromatic N) is 1. The summed E-state index contributed by atoms with van der Waals surface area (Å²) in [5.74, 6) is 0.242. The molecule has 2 atom stereocenters. The average molecular weight is 233 g/mol. The van der Waals surface area contributed by atoms with Crippen LogP contribution >= 0.6 is 0 Å². The Morgan fingerprint density at radius 1 is 1.35 bits per heavy atom. The van der Waals surface area contributed by atoms with Crippen LogP contribution < -0.4 is 0 Å². The van der Waals surface area contributed by atoms with Gasteiger partial charge in [0.25, 0.3) is 0 Å². The molecule has 3 nitrogen and oxygen atoms in total. The van der Waals surface area contributed by atoms with Gasteiger partial charge < -0.3 is 4.74 Å². The van der Waals surface area contributed by atoms with Crippen molar-refractivity contribution in [3.05, 3.63) is 35.9 Å². The molecule has 0 aromatic heterocycles. The quantitative estimate of drug-likeness (QED) is 0.748. The molecule has 2 rings (SSSR count). The third kappa shape index (κ3) is 3.30. The van der Waals surface area contributed by atoms with Crippen molar-refractivity contribution >= 4 is 5.97 Å². The molecule has 0 amide bonds. The van der Waals surface area contributed by atoms with E-state index in [1.807, 2.05) is 6.07 Å². The summed E-state index contributed by atoms with van der Waals surface area (Å²) in [6.45, 7) is 6.39. The second kappa shape index (κ2) is 5.32. The Labute approximate surface area is 102 Å². The van der Waals surface area contributed by atoms with Gasteiger partial charge in [-0.1, -0.05) is 37.3 Å². The van der Waals surface area contributed by atoms with Gasteiger partial charge in [0, 0.05) is 32.5 Å². The highest BCUT2D eigenvalue weighted by Crippen LogP contribution is 2.21. The van der Waals surface area contributed by atoms with Crippen molar-refractivity contribution in [2.75, 3.05) is 13.1 Å². The second-order valence-electron chi connectivity index (χ2n) is 4.80. The first kappa shape index (κ1) is 12.1. The van der Waals surface area contributed by atoms with Gasteiger partial charge in [-0.15, -0.1) is 0 Å². The van der Waals surface area contributed by atoms with Crippen LogP contribution in [0.4, 0.5) is 0 Å². The van der Waals surface area contributed by atoms with Crippen LogP contribution in [0.1, 0.15) is 19.4 Å². The first-order chi connectivity index (χ1) is 8.15. The summed E-state index contributed by atoms with van der Waals surface area (Å²) in [7, 11) is 0. The van der Waals surface area contributed by atoms with E-state index in [4.69, 9.17) is 4.74 Å². The van der Waals surface area contributed by atoms with E-state index in [1.54, 1.807) is 0 Å². The summed E-state index contributed by atoms with van der Waals surface area (Å²) < 4.78 is 5.31. The summed E-state index contributed by atoms with van der Waals surface area (Å²) in [6, 6.07) is 10.4. The summed E-state index contributed by atoms with van der Waals surface area (Å²) in [5.41, 5.74) is 1.31. The number of esters is 1. The third-order valence-electron chi connectivity index (χ3n) is 3.19. The maximum atomic E-state index is 11.0. The van der Waals surface area contributed by atoms with Crippen molar-refractivity contribution in [3.8, 4) is 0 Å². The maximum absolute atomic E-state index is 11.0. The minimum absolute atomic E-state index is 0.0520. The molecule has 92 valence electrons. The molecule has 1 unspecified atom stereocenters. The SMILES string of the molecule is CC(=O)O[C@@H]1CN(Cc2ccccc2)CC1C. The molecule has 3 heteroatoms. The van der Waals surface area contributed by atoms with E-state index in [0.717, 1.165) is 19.6 Å². The summed E-state index contributed by atoms with van der Waals surface area (Å²) in [6.07, 6.45) is 0.0520. The predicted octanol–water partition coefficient (Wildman–Crippen LogP) is 2.07. The van der Waals surface area contributed by atoms with Gasteiger partial charge in [0.05, 0.1) is 0 Å². The van der Waals surface area contributed by atoms with Crippen LogP contribution in [-0.4, -0.2) is 30.1 Å². The Morgan fingerprint density at radius 3 is 2.71 bits per heavy atom. The second-order valence-corrected chi connectivity index (χ2v) is 4.80. The highest BCUT2D eigenvalue weighted by molar-refractivity contribution is 5.66. The highest BCUT2D eigenvalue weighted by Gasteiger charge is 2.31. The first-order valence-corrected chi connectivity index (χ1v) is 6.08. The first-order valence-electron chi connectivity index (χ1n) is 6.08. The summed E-state index contributed by atoms with van der Waals surface area (Å²) >= 11 is 0. The van der Waals surface area contributed by atoms with Gasteiger partial charge in [0.15, 0.2) is 0 Å². The molecule has 0 spiro atoms. The molecule has 0 bridgehead atoms. The van der Waals surface area contributed by atoms with E-state index in [2.05, 4.69) is 36.1 Å². The lowest BCUT2D eigenvalue weighted by Gasteiger charge is -2.15. The van der Waals surface area contributed by atoms with Crippen molar-refractivity contribution in [3.63, 3.8) is 0 Å². The minimum Gasteiger partial charge on any atom is -0.461 e. The summed E-state index contributed by atoms with van der Waals surface area (Å²) in [4.78, 5) is 13.3. The number of hydrogen-bond acceptors (Lipinski definition) is 3. The molecular formula is C14H19NO2. The number of carbonyl (C=O) groups is 1. The van der Waals surface area contributed by atoms with Gasteiger partial charge in [-0.3, -0.25) is 9.69 Å².